The molecule has 148 valence electrons. The lowest BCUT2D eigenvalue weighted by atomic mass is 10.2. The highest BCUT2D eigenvalue weighted by atomic mass is 16.5. The van der Waals surface area contributed by atoms with Crippen LogP contribution in [0, 0.1) is 0 Å². The average molecular weight is 391 g/mol. The van der Waals surface area contributed by atoms with Gasteiger partial charge in [-0.2, -0.15) is 5.10 Å². The summed E-state index contributed by atoms with van der Waals surface area (Å²) in [6.07, 6.45) is 1.33. The minimum Gasteiger partial charge on any atom is -0.479 e. The number of hydrogen-bond donors (Lipinski definition) is 0. The van der Waals surface area contributed by atoms with Gasteiger partial charge in [0, 0.05) is 12.7 Å². The van der Waals surface area contributed by atoms with Gasteiger partial charge in [0.25, 0.3) is 5.91 Å². The highest BCUT2D eigenvalue weighted by Crippen LogP contribution is 2.33. The Labute approximate surface area is 168 Å². The molecule has 0 spiro atoms. The van der Waals surface area contributed by atoms with Crippen molar-refractivity contribution in [2.75, 3.05) is 11.4 Å². The molecule has 1 unspecified atom stereocenters. The molecule has 4 rings (SSSR count). The quantitative estimate of drug-likeness (QED) is 0.604. The van der Waals surface area contributed by atoms with Crippen LogP contribution in [0.25, 0.3) is 5.69 Å². The van der Waals surface area contributed by atoms with Crippen LogP contribution in [0.4, 0.5) is 5.69 Å². The van der Waals surface area contributed by atoms with Crippen LogP contribution in [0.15, 0.2) is 66.9 Å². The van der Waals surface area contributed by atoms with E-state index in [1.165, 1.54) is 0 Å². The molecule has 0 radical (unpaired) electrons. The molecule has 2 aromatic carbocycles. The van der Waals surface area contributed by atoms with Crippen LogP contribution in [-0.4, -0.2) is 34.3 Å². The Bertz CT molecular complexity index is 1020. The van der Waals surface area contributed by atoms with Gasteiger partial charge < -0.3 is 14.4 Å². The SMILES string of the molecule is CC1Oc2ccccc2N(CCC(=O)OCc2ccn(-c3ccccc3)n2)C1=O. The van der Waals surface area contributed by atoms with E-state index in [9.17, 15) is 9.59 Å². The number of carbonyl (C=O) groups is 2. The van der Waals surface area contributed by atoms with E-state index >= 15 is 0 Å². The summed E-state index contributed by atoms with van der Waals surface area (Å²) in [6.45, 7) is 2.02. The van der Waals surface area contributed by atoms with Crippen LogP contribution in [0.3, 0.4) is 0 Å². The van der Waals surface area contributed by atoms with Gasteiger partial charge >= 0.3 is 5.97 Å². The first-order valence-corrected chi connectivity index (χ1v) is 9.44. The predicted molar refractivity (Wildman–Crippen MR) is 107 cm³/mol. The predicted octanol–water partition coefficient (Wildman–Crippen LogP) is 3.12. The normalized spacial score (nSPS) is 15.6. The number of hydrogen-bond acceptors (Lipinski definition) is 5. The van der Waals surface area contributed by atoms with Gasteiger partial charge in [-0.15, -0.1) is 0 Å². The maximum atomic E-state index is 12.5. The van der Waals surface area contributed by atoms with Crippen molar-refractivity contribution in [1.29, 1.82) is 0 Å². The molecule has 1 amide bonds. The van der Waals surface area contributed by atoms with E-state index in [2.05, 4.69) is 5.10 Å². The molecule has 0 N–H and O–H groups in total. The van der Waals surface area contributed by atoms with Gasteiger partial charge in [0.05, 0.1) is 17.8 Å². The summed E-state index contributed by atoms with van der Waals surface area (Å²) in [5.74, 6) is 0.0845. The molecule has 0 saturated heterocycles. The molecule has 0 aliphatic carbocycles. The molecule has 1 atom stereocenters. The Hall–Kier alpha value is -3.61. The lowest BCUT2D eigenvalue weighted by Gasteiger charge is -2.32. The van der Waals surface area contributed by atoms with Crippen molar-refractivity contribution in [3.63, 3.8) is 0 Å². The average Bonchev–Trinajstić information content (AvgIpc) is 3.22. The number of ether oxygens (including phenoxy) is 2. The van der Waals surface area contributed by atoms with E-state index in [0.29, 0.717) is 17.1 Å². The molecule has 1 aromatic heterocycles. The van der Waals surface area contributed by atoms with E-state index in [0.717, 1.165) is 5.69 Å². The second kappa shape index (κ2) is 8.18. The number of benzene rings is 2. The lowest BCUT2D eigenvalue weighted by molar-refractivity contribution is -0.144. The van der Waals surface area contributed by atoms with Crippen molar-refractivity contribution < 1.29 is 19.1 Å². The lowest BCUT2D eigenvalue weighted by Crippen LogP contribution is -2.45. The zero-order valence-corrected chi connectivity index (χ0v) is 16.0. The van der Waals surface area contributed by atoms with Crippen molar-refractivity contribution in [3.8, 4) is 11.4 Å². The van der Waals surface area contributed by atoms with E-state index in [-0.39, 0.29) is 31.4 Å². The number of nitrogens with zero attached hydrogens (tertiary/aromatic N) is 3. The van der Waals surface area contributed by atoms with Gasteiger partial charge in [-0.3, -0.25) is 9.59 Å². The molecule has 1 aliphatic rings. The third-order valence-electron chi connectivity index (χ3n) is 4.66. The van der Waals surface area contributed by atoms with Gasteiger partial charge in [0.1, 0.15) is 18.1 Å². The van der Waals surface area contributed by atoms with Crippen LogP contribution >= 0.6 is 0 Å². The van der Waals surface area contributed by atoms with Crippen molar-refractivity contribution in [2.24, 2.45) is 0 Å². The molecular formula is C22H21N3O4. The van der Waals surface area contributed by atoms with Gasteiger partial charge in [-0.25, -0.2) is 4.68 Å². The minimum absolute atomic E-state index is 0.0860. The number of fused-ring (bicyclic) bond motifs is 1. The first kappa shape index (κ1) is 18.7. The molecule has 0 bridgehead atoms. The zero-order valence-electron chi connectivity index (χ0n) is 16.0. The van der Waals surface area contributed by atoms with E-state index < -0.39 is 6.10 Å². The van der Waals surface area contributed by atoms with Gasteiger partial charge in [-0.05, 0) is 37.3 Å². The summed E-state index contributed by atoms with van der Waals surface area (Å²) in [5.41, 5.74) is 2.26. The van der Waals surface area contributed by atoms with E-state index in [1.54, 1.807) is 22.6 Å². The molecule has 0 saturated carbocycles. The van der Waals surface area contributed by atoms with Crippen LogP contribution in [0.5, 0.6) is 5.75 Å². The third kappa shape index (κ3) is 4.13. The van der Waals surface area contributed by atoms with Gasteiger partial charge in [-0.1, -0.05) is 30.3 Å². The number of anilines is 1. The Kier molecular flexibility index (Phi) is 5.29. The number of aromatic nitrogens is 2. The maximum Gasteiger partial charge on any atom is 0.307 e. The fraction of sp³-hybridized carbons (Fsp3) is 0.227. The van der Waals surface area contributed by atoms with Crippen molar-refractivity contribution in [2.45, 2.75) is 26.1 Å². The third-order valence-corrected chi connectivity index (χ3v) is 4.66. The number of carbonyl (C=O) groups excluding carboxylic acids is 2. The molecule has 1 aliphatic heterocycles. The highest BCUT2D eigenvalue weighted by Gasteiger charge is 2.31. The smallest absolute Gasteiger partial charge is 0.307 e. The molecule has 29 heavy (non-hydrogen) atoms. The summed E-state index contributed by atoms with van der Waals surface area (Å²) < 4.78 is 12.7. The highest BCUT2D eigenvalue weighted by molar-refractivity contribution is 6.00. The topological polar surface area (TPSA) is 73.7 Å². The number of rotatable bonds is 6. The maximum absolute atomic E-state index is 12.5. The second-order valence-electron chi connectivity index (χ2n) is 6.72. The Balaban J connectivity index is 1.33. The Morgan fingerprint density at radius 1 is 1.10 bits per heavy atom. The van der Waals surface area contributed by atoms with Gasteiger partial charge in [0.15, 0.2) is 6.10 Å². The monoisotopic (exact) mass is 391 g/mol. The number of para-hydroxylation sites is 3. The summed E-state index contributed by atoms with van der Waals surface area (Å²) in [4.78, 5) is 26.2. The van der Waals surface area contributed by atoms with Crippen LogP contribution in [0.2, 0.25) is 0 Å². The van der Waals surface area contributed by atoms with Gasteiger partial charge in [0.2, 0.25) is 0 Å². The first-order chi connectivity index (χ1) is 14.1. The first-order valence-electron chi connectivity index (χ1n) is 9.44. The Morgan fingerprint density at radius 3 is 2.69 bits per heavy atom. The molecular weight excluding hydrogens is 370 g/mol. The van der Waals surface area contributed by atoms with Crippen molar-refractivity contribution >= 4 is 17.6 Å². The molecule has 7 nitrogen and oxygen atoms in total. The summed E-state index contributed by atoms with van der Waals surface area (Å²) in [5, 5.41) is 4.41. The fourth-order valence-electron chi connectivity index (χ4n) is 3.18. The van der Waals surface area contributed by atoms with Crippen LogP contribution in [-0.2, 0) is 20.9 Å². The molecule has 3 aromatic rings. The van der Waals surface area contributed by atoms with Crippen molar-refractivity contribution in [3.05, 3.63) is 72.6 Å². The standard InChI is InChI=1S/C22H21N3O4/c1-16-22(27)24(19-9-5-6-10-20(19)29-16)13-12-21(26)28-15-17-11-14-25(23-17)18-7-3-2-4-8-18/h2-11,14,16H,12-13,15H2,1H3. The summed E-state index contributed by atoms with van der Waals surface area (Å²) in [6, 6.07) is 18.8. The molecule has 2 heterocycles. The second-order valence-corrected chi connectivity index (χ2v) is 6.72. The Morgan fingerprint density at radius 2 is 1.86 bits per heavy atom. The molecule has 0 fully saturated rings. The van der Waals surface area contributed by atoms with E-state index in [1.807, 2.05) is 60.8 Å². The van der Waals surface area contributed by atoms with E-state index in [4.69, 9.17) is 9.47 Å². The van der Waals surface area contributed by atoms with Crippen molar-refractivity contribution in [1.82, 2.24) is 9.78 Å². The summed E-state index contributed by atoms with van der Waals surface area (Å²) >= 11 is 0. The van der Waals surface area contributed by atoms with Crippen LogP contribution in [0.1, 0.15) is 19.0 Å². The minimum atomic E-state index is -0.581. The zero-order chi connectivity index (χ0) is 20.2. The van der Waals surface area contributed by atoms with Crippen LogP contribution < -0.4 is 9.64 Å². The molecule has 7 heteroatoms. The largest absolute Gasteiger partial charge is 0.479 e. The summed E-state index contributed by atoms with van der Waals surface area (Å²) in [7, 11) is 0. The number of amides is 1. The fourth-order valence-corrected chi connectivity index (χ4v) is 3.18. The number of esters is 1.